The molecule has 3 rings (SSSR count). The van der Waals surface area contributed by atoms with Crippen molar-refractivity contribution in [2.24, 2.45) is 0 Å². The summed E-state index contributed by atoms with van der Waals surface area (Å²) >= 11 is 7.88. The Labute approximate surface area is 126 Å². The van der Waals surface area contributed by atoms with Gasteiger partial charge in [0.25, 0.3) is 0 Å². The largest absolute Gasteiger partial charge is 0.350 e. The molecule has 0 spiro atoms. The van der Waals surface area contributed by atoms with Crippen LogP contribution in [0.4, 0.5) is 0 Å². The number of nitrogens with one attached hydrogen (secondary N) is 1. The fraction of sp³-hybridized carbons (Fsp3) is 0.0625. The number of para-hydroxylation sites is 1. The maximum atomic E-state index is 8.82. The molecule has 2 nitrogen and oxygen atoms in total. The van der Waals surface area contributed by atoms with Gasteiger partial charge in [-0.3, -0.25) is 0 Å². The van der Waals surface area contributed by atoms with Crippen LogP contribution in [0.1, 0.15) is 11.1 Å². The van der Waals surface area contributed by atoms with Crippen molar-refractivity contribution in [3.05, 3.63) is 64.7 Å². The summed E-state index contributed by atoms with van der Waals surface area (Å²) in [4.78, 5) is 3.38. The maximum absolute atomic E-state index is 8.82. The molecule has 0 unspecified atom stereocenters. The zero-order chi connectivity index (χ0) is 13.9. The van der Waals surface area contributed by atoms with Crippen molar-refractivity contribution in [3.63, 3.8) is 0 Å². The first kappa shape index (κ1) is 13.1. The highest BCUT2D eigenvalue weighted by molar-refractivity contribution is 7.98. The first-order valence-electron chi connectivity index (χ1n) is 6.15. The van der Waals surface area contributed by atoms with Crippen LogP contribution in [0.25, 0.3) is 10.9 Å². The molecule has 2 aromatic carbocycles. The van der Waals surface area contributed by atoms with Gasteiger partial charge in [0.15, 0.2) is 0 Å². The molecular weight excluding hydrogens is 288 g/mol. The van der Waals surface area contributed by atoms with Gasteiger partial charge in [-0.25, -0.2) is 0 Å². The SMILES string of the molecule is N#Cc1ccc(CSc2cc3ccccc3[nH]2)c(Cl)c1. The molecule has 3 aromatic rings. The molecule has 4 heteroatoms. The molecule has 20 heavy (non-hydrogen) atoms. The van der Waals surface area contributed by atoms with Gasteiger partial charge in [0, 0.05) is 21.7 Å². The second-order valence-corrected chi connectivity index (χ2v) is 5.85. The number of hydrogen-bond acceptors (Lipinski definition) is 2. The van der Waals surface area contributed by atoms with E-state index in [1.807, 2.05) is 18.2 Å². The predicted octanol–water partition coefficient (Wildman–Crippen LogP) is 4.99. The fourth-order valence-corrected chi connectivity index (χ4v) is 3.30. The number of hydrogen-bond donors (Lipinski definition) is 1. The highest BCUT2D eigenvalue weighted by atomic mass is 35.5. The Kier molecular flexibility index (Phi) is 3.68. The number of nitrogens with zero attached hydrogens (tertiary/aromatic N) is 1. The predicted molar refractivity (Wildman–Crippen MR) is 84.0 cm³/mol. The van der Waals surface area contributed by atoms with Crippen molar-refractivity contribution < 1.29 is 0 Å². The van der Waals surface area contributed by atoms with Crippen molar-refractivity contribution in [2.75, 3.05) is 0 Å². The van der Waals surface area contributed by atoms with Gasteiger partial charge in [0.05, 0.1) is 16.7 Å². The molecule has 1 heterocycles. The van der Waals surface area contributed by atoms with Gasteiger partial charge in [-0.05, 0) is 29.8 Å². The first-order valence-corrected chi connectivity index (χ1v) is 7.52. The Bertz CT molecular complexity index is 769. The Morgan fingerprint density at radius 1 is 1.15 bits per heavy atom. The molecular formula is C16H11ClN2S. The molecule has 0 aliphatic heterocycles. The van der Waals surface area contributed by atoms with E-state index in [1.165, 1.54) is 5.39 Å². The van der Waals surface area contributed by atoms with Gasteiger partial charge in [-0.1, -0.05) is 35.9 Å². The summed E-state index contributed by atoms with van der Waals surface area (Å²) in [5.41, 5.74) is 2.77. The highest BCUT2D eigenvalue weighted by Gasteiger charge is 2.05. The lowest BCUT2D eigenvalue weighted by atomic mass is 10.2. The summed E-state index contributed by atoms with van der Waals surface area (Å²) in [6, 6.07) is 17.8. The van der Waals surface area contributed by atoms with Gasteiger partial charge in [0.2, 0.25) is 0 Å². The molecule has 98 valence electrons. The van der Waals surface area contributed by atoms with Gasteiger partial charge in [0.1, 0.15) is 0 Å². The molecule has 0 radical (unpaired) electrons. The van der Waals surface area contributed by atoms with Crippen LogP contribution in [0.2, 0.25) is 5.02 Å². The molecule has 0 amide bonds. The maximum Gasteiger partial charge on any atom is 0.0992 e. The average Bonchev–Trinajstić information content (AvgIpc) is 2.88. The zero-order valence-corrected chi connectivity index (χ0v) is 12.1. The normalized spacial score (nSPS) is 10.6. The van der Waals surface area contributed by atoms with Crippen LogP contribution in [0.5, 0.6) is 0 Å². The molecule has 0 saturated heterocycles. The van der Waals surface area contributed by atoms with Crippen molar-refractivity contribution in [3.8, 4) is 6.07 Å². The van der Waals surface area contributed by atoms with Crippen LogP contribution in [0.3, 0.4) is 0 Å². The van der Waals surface area contributed by atoms with Crippen molar-refractivity contribution >= 4 is 34.3 Å². The molecule has 0 bridgehead atoms. The molecule has 0 saturated carbocycles. The summed E-state index contributed by atoms with van der Waals surface area (Å²) in [5, 5.41) is 11.8. The van der Waals surface area contributed by atoms with Crippen LogP contribution in [0, 0.1) is 11.3 Å². The lowest BCUT2D eigenvalue weighted by Crippen LogP contribution is -1.84. The molecule has 0 aliphatic rings. The Hall–Kier alpha value is -1.89. The van der Waals surface area contributed by atoms with E-state index in [0.29, 0.717) is 10.6 Å². The Morgan fingerprint density at radius 2 is 2.00 bits per heavy atom. The topological polar surface area (TPSA) is 39.6 Å². The fourth-order valence-electron chi connectivity index (χ4n) is 2.01. The van der Waals surface area contributed by atoms with Gasteiger partial charge in [-0.15, -0.1) is 11.8 Å². The smallest absolute Gasteiger partial charge is 0.0992 e. The van der Waals surface area contributed by atoms with E-state index < -0.39 is 0 Å². The summed E-state index contributed by atoms with van der Waals surface area (Å²) < 4.78 is 0. The van der Waals surface area contributed by atoms with Crippen LogP contribution < -0.4 is 0 Å². The van der Waals surface area contributed by atoms with Gasteiger partial charge < -0.3 is 4.98 Å². The second-order valence-electron chi connectivity index (χ2n) is 4.43. The molecule has 0 fully saturated rings. The molecule has 0 aliphatic carbocycles. The van der Waals surface area contributed by atoms with Gasteiger partial charge >= 0.3 is 0 Å². The summed E-state index contributed by atoms with van der Waals surface area (Å²) in [6.07, 6.45) is 0. The summed E-state index contributed by atoms with van der Waals surface area (Å²) in [6.45, 7) is 0. The lowest BCUT2D eigenvalue weighted by Gasteiger charge is -2.03. The highest BCUT2D eigenvalue weighted by Crippen LogP contribution is 2.29. The average molecular weight is 299 g/mol. The van der Waals surface area contributed by atoms with E-state index >= 15 is 0 Å². The first-order chi connectivity index (χ1) is 9.76. The Balaban J connectivity index is 1.77. The number of thioether (sulfide) groups is 1. The standard InChI is InChI=1S/C16H11ClN2S/c17-14-7-11(9-18)5-6-13(14)10-20-16-8-12-3-1-2-4-15(12)19-16/h1-8,19H,10H2. The van der Waals surface area contributed by atoms with Crippen LogP contribution in [0.15, 0.2) is 53.6 Å². The monoisotopic (exact) mass is 298 g/mol. The quantitative estimate of drug-likeness (QED) is 0.692. The van der Waals surface area contributed by atoms with Crippen molar-refractivity contribution in [1.82, 2.24) is 4.98 Å². The lowest BCUT2D eigenvalue weighted by molar-refractivity contribution is 1.23. The number of rotatable bonds is 3. The van der Waals surface area contributed by atoms with Crippen molar-refractivity contribution in [2.45, 2.75) is 10.8 Å². The van der Waals surface area contributed by atoms with Gasteiger partial charge in [-0.2, -0.15) is 5.26 Å². The third-order valence-electron chi connectivity index (χ3n) is 3.07. The number of H-pyrrole nitrogens is 1. The van der Waals surface area contributed by atoms with E-state index in [1.54, 1.807) is 23.9 Å². The van der Waals surface area contributed by atoms with E-state index in [2.05, 4.69) is 29.3 Å². The summed E-state index contributed by atoms with van der Waals surface area (Å²) in [5.74, 6) is 0.775. The number of halogens is 1. The van der Waals surface area contributed by atoms with Crippen LogP contribution in [-0.4, -0.2) is 4.98 Å². The minimum Gasteiger partial charge on any atom is -0.350 e. The third kappa shape index (κ3) is 2.67. The number of aromatic amines is 1. The molecule has 1 N–H and O–H groups in total. The molecule has 1 aromatic heterocycles. The van der Waals surface area contributed by atoms with E-state index in [4.69, 9.17) is 16.9 Å². The van der Waals surface area contributed by atoms with E-state index in [9.17, 15) is 0 Å². The minimum atomic E-state index is 0.592. The number of fused-ring (bicyclic) bond motifs is 1. The summed E-state index contributed by atoms with van der Waals surface area (Å²) in [7, 11) is 0. The Morgan fingerprint density at radius 3 is 2.75 bits per heavy atom. The second kappa shape index (κ2) is 5.62. The zero-order valence-electron chi connectivity index (χ0n) is 10.6. The van der Waals surface area contributed by atoms with E-state index in [-0.39, 0.29) is 0 Å². The number of aromatic nitrogens is 1. The van der Waals surface area contributed by atoms with Crippen LogP contribution >= 0.6 is 23.4 Å². The van der Waals surface area contributed by atoms with E-state index in [0.717, 1.165) is 21.9 Å². The number of nitriles is 1. The molecule has 0 atom stereocenters. The number of benzene rings is 2. The van der Waals surface area contributed by atoms with Crippen molar-refractivity contribution in [1.29, 1.82) is 5.26 Å². The minimum absolute atomic E-state index is 0.592. The third-order valence-corrected chi connectivity index (χ3v) is 4.41. The van der Waals surface area contributed by atoms with Crippen LogP contribution in [-0.2, 0) is 5.75 Å².